The molecule has 1 N–H and O–H groups in total. The van der Waals surface area contributed by atoms with E-state index in [0.29, 0.717) is 13.0 Å². The van der Waals surface area contributed by atoms with Crippen LogP contribution >= 0.6 is 0 Å². The first-order valence-electron chi connectivity index (χ1n) is 5.38. The minimum atomic E-state index is -0.276. The quantitative estimate of drug-likeness (QED) is 0.843. The summed E-state index contributed by atoms with van der Waals surface area (Å²) in [6.45, 7) is 0.310. The molecule has 1 fully saturated rings. The molecule has 1 heterocycles. The molecule has 1 aliphatic rings. The van der Waals surface area contributed by atoms with Crippen LogP contribution in [0.4, 0.5) is 4.39 Å². The summed E-state index contributed by atoms with van der Waals surface area (Å²) < 4.78 is 12.8. The molecule has 0 aliphatic carbocycles. The van der Waals surface area contributed by atoms with Gasteiger partial charge in [-0.3, -0.25) is 4.79 Å². The number of carbonyl (C=O) groups excluding carboxylic acids is 1. The number of amides is 1. The Morgan fingerprint density at radius 2 is 2.06 bits per heavy atom. The van der Waals surface area contributed by atoms with Crippen LogP contribution in [0.2, 0.25) is 0 Å². The molecular formula is C12H14FNO2. The lowest BCUT2D eigenvalue weighted by molar-refractivity contribution is -0.129. The number of aliphatic hydroxyl groups is 1. The monoisotopic (exact) mass is 223 g/mol. The van der Waals surface area contributed by atoms with Gasteiger partial charge in [0.2, 0.25) is 5.91 Å². The van der Waals surface area contributed by atoms with Gasteiger partial charge in [0.05, 0.1) is 12.6 Å². The highest BCUT2D eigenvalue weighted by atomic mass is 19.1. The molecule has 1 atom stereocenters. The first kappa shape index (κ1) is 11.1. The Balaban J connectivity index is 2.19. The molecule has 0 radical (unpaired) electrons. The number of carbonyl (C=O) groups is 1. The van der Waals surface area contributed by atoms with Crippen LogP contribution < -0.4 is 0 Å². The van der Waals surface area contributed by atoms with Crippen LogP contribution in [0.5, 0.6) is 0 Å². The summed E-state index contributed by atoms with van der Waals surface area (Å²) >= 11 is 0. The van der Waals surface area contributed by atoms with Crippen LogP contribution in [-0.4, -0.2) is 29.1 Å². The molecule has 3 nitrogen and oxygen atoms in total. The van der Waals surface area contributed by atoms with Crippen molar-refractivity contribution in [3.8, 4) is 0 Å². The summed E-state index contributed by atoms with van der Waals surface area (Å²) in [6, 6.07) is 6.18. The minimum Gasteiger partial charge on any atom is -0.395 e. The maximum absolute atomic E-state index is 12.8. The highest BCUT2D eigenvalue weighted by Crippen LogP contribution is 2.32. The Kier molecular flexibility index (Phi) is 3.19. The molecule has 0 aromatic heterocycles. The number of hydrogen-bond acceptors (Lipinski definition) is 2. The van der Waals surface area contributed by atoms with Crippen LogP contribution in [0.3, 0.4) is 0 Å². The standard InChI is InChI=1S/C12H14FNO2/c13-10-3-1-9(2-4-10)11-5-6-12(16)14(11)7-8-15/h1-4,11,15H,5-8H2. The van der Waals surface area contributed by atoms with Crippen LogP contribution in [0.1, 0.15) is 24.4 Å². The molecule has 86 valence electrons. The molecule has 0 spiro atoms. The van der Waals surface area contributed by atoms with Crippen LogP contribution in [0, 0.1) is 5.82 Å². The van der Waals surface area contributed by atoms with Crippen molar-refractivity contribution < 1.29 is 14.3 Å². The SMILES string of the molecule is O=C1CCC(c2ccc(F)cc2)N1CCO. The Morgan fingerprint density at radius 1 is 1.38 bits per heavy atom. The molecular weight excluding hydrogens is 209 g/mol. The third-order valence-corrected chi connectivity index (χ3v) is 2.92. The predicted octanol–water partition coefficient (Wildman–Crippen LogP) is 1.48. The predicted molar refractivity (Wildman–Crippen MR) is 57.2 cm³/mol. The fraction of sp³-hybridized carbons (Fsp3) is 0.417. The maximum Gasteiger partial charge on any atom is 0.223 e. The molecule has 1 aliphatic heterocycles. The number of nitrogens with zero attached hydrogens (tertiary/aromatic N) is 1. The van der Waals surface area contributed by atoms with Gasteiger partial charge in [0, 0.05) is 13.0 Å². The molecule has 1 aromatic carbocycles. The van der Waals surface area contributed by atoms with Crippen molar-refractivity contribution in [1.29, 1.82) is 0 Å². The van der Waals surface area contributed by atoms with Gasteiger partial charge in [-0.25, -0.2) is 4.39 Å². The fourth-order valence-corrected chi connectivity index (χ4v) is 2.15. The van der Waals surface area contributed by atoms with E-state index in [1.54, 1.807) is 17.0 Å². The van der Waals surface area contributed by atoms with Crippen molar-refractivity contribution in [1.82, 2.24) is 4.90 Å². The molecule has 16 heavy (non-hydrogen) atoms. The van der Waals surface area contributed by atoms with Gasteiger partial charge in [0.1, 0.15) is 5.82 Å². The number of aliphatic hydroxyl groups excluding tert-OH is 1. The summed E-state index contributed by atoms with van der Waals surface area (Å²) in [7, 11) is 0. The van der Waals surface area contributed by atoms with Crippen molar-refractivity contribution >= 4 is 5.91 Å². The van der Waals surface area contributed by atoms with Gasteiger partial charge >= 0.3 is 0 Å². The van der Waals surface area contributed by atoms with E-state index in [2.05, 4.69) is 0 Å². The zero-order chi connectivity index (χ0) is 11.5. The third-order valence-electron chi connectivity index (χ3n) is 2.92. The van der Waals surface area contributed by atoms with Crippen LogP contribution in [0.25, 0.3) is 0 Å². The van der Waals surface area contributed by atoms with Gasteiger partial charge in [0.15, 0.2) is 0 Å². The van der Waals surface area contributed by atoms with E-state index in [1.165, 1.54) is 12.1 Å². The van der Waals surface area contributed by atoms with Gasteiger partial charge in [-0.05, 0) is 24.1 Å². The Labute approximate surface area is 93.5 Å². The fourth-order valence-electron chi connectivity index (χ4n) is 2.15. The number of likely N-dealkylation sites (tertiary alicyclic amines) is 1. The lowest BCUT2D eigenvalue weighted by atomic mass is 10.0. The molecule has 2 rings (SSSR count). The second-order valence-corrected chi connectivity index (χ2v) is 3.92. The summed E-state index contributed by atoms with van der Waals surface area (Å²) in [6.07, 6.45) is 1.24. The average Bonchev–Trinajstić information content (AvgIpc) is 2.63. The summed E-state index contributed by atoms with van der Waals surface area (Å²) in [5, 5.41) is 8.90. The molecule has 0 bridgehead atoms. The summed E-state index contributed by atoms with van der Waals surface area (Å²) in [5.41, 5.74) is 0.931. The van der Waals surface area contributed by atoms with Crippen molar-refractivity contribution in [2.75, 3.05) is 13.2 Å². The van der Waals surface area contributed by atoms with Crippen LogP contribution in [-0.2, 0) is 4.79 Å². The second-order valence-electron chi connectivity index (χ2n) is 3.92. The van der Waals surface area contributed by atoms with Crippen molar-refractivity contribution in [2.45, 2.75) is 18.9 Å². The third kappa shape index (κ3) is 2.07. The highest BCUT2D eigenvalue weighted by Gasteiger charge is 2.31. The van der Waals surface area contributed by atoms with E-state index in [9.17, 15) is 9.18 Å². The molecule has 1 saturated heterocycles. The topological polar surface area (TPSA) is 40.5 Å². The van der Waals surface area contributed by atoms with E-state index in [0.717, 1.165) is 12.0 Å². The van der Waals surface area contributed by atoms with Crippen molar-refractivity contribution in [3.05, 3.63) is 35.6 Å². The smallest absolute Gasteiger partial charge is 0.223 e. The Bertz CT molecular complexity index is 377. The molecule has 1 aromatic rings. The van der Waals surface area contributed by atoms with Crippen molar-refractivity contribution in [2.24, 2.45) is 0 Å². The number of β-amino-alcohol motifs (C(OH)–C–C–N with tert-alkyl or cyclic N) is 1. The summed E-state index contributed by atoms with van der Waals surface area (Å²) in [5.74, 6) is -0.217. The normalized spacial score (nSPS) is 20.5. The second kappa shape index (κ2) is 4.61. The molecule has 4 heteroatoms. The molecule has 1 unspecified atom stereocenters. The maximum atomic E-state index is 12.8. The molecule has 0 saturated carbocycles. The molecule has 1 amide bonds. The van der Waals surface area contributed by atoms with Gasteiger partial charge in [-0.15, -0.1) is 0 Å². The first-order valence-corrected chi connectivity index (χ1v) is 5.38. The average molecular weight is 223 g/mol. The number of halogens is 1. The zero-order valence-corrected chi connectivity index (χ0v) is 8.90. The zero-order valence-electron chi connectivity index (χ0n) is 8.90. The minimum absolute atomic E-state index is 0.0137. The van der Waals surface area contributed by atoms with E-state index in [4.69, 9.17) is 5.11 Å². The highest BCUT2D eigenvalue weighted by molar-refractivity contribution is 5.79. The number of rotatable bonds is 3. The first-order chi connectivity index (χ1) is 7.72. The van der Waals surface area contributed by atoms with Crippen molar-refractivity contribution in [3.63, 3.8) is 0 Å². The van der Waals surface area contributed by atoms with E-state index < -0.39 is 0 Å². The van der Waals surface area contributed by atoms with Gasteiger partial charge in [-0.2, -0.15) is 0 Å². The van der Waals surface area contributed by atoms with E-state index in [1.807, 2.05) is 0 Å². The lowest BCUT2D eigenvalue weighted by Gasteiger charge is -2.24. The largest absolute Gasteiger partial charge is 0.395 e. The number of hydrogen-bond donors (Lipinski definition) is 1. The summed E-state index contributed by atoms with van der Waals surface area (Å²) in [4.78, 5) is 13.2. The van der Waals surface area contributed by atoms with Gasteiger partial charge < -0.3 is 10.0 Å². The van der Waals surface area contributed by atoms with E-state index in [-0.39, 0.29) is 24.4 Å². The van der Waals surface area contributed by atoms with Gasteiger partial charge in [0.25, 0.3) is 0 Å². The Morgan fingerprint density at radius 3 is 2.69 bits per heavy atom. The number of benzene rings is 1. The van der Waals surface area contributed by atoms with Crippen LogP contribution in [0.15, 0.2) is 24.3 Å². The van der Waals surface area contributed by atoms with Gasteiger partial charge in [-0.1, -0.05) is 12.1 Å². The lowest BCUT2D eigenvalue weighted by Crippen LogP contribution is -2.30. The Hall–Kier alpha value is -1.42. The van der Waals surface area contributed by atoms with E-state index >= 15 is 0 Å².